The van der Waals surface area contributed by atoms with E-state index in [9.17, 15) is 5.11 Å². The summed E-state index contributed by atoms with van der Waals surface area (Å²) in [4.78, 5) is 9.05. The maximum absolute atomic E-state index is 9.72. The lowest BCUT2D eigenvalue weighted by Crippen LogP contribution is -2.41. The van der Waals surface area contributed by atoms with Crippen LogP contribution in [0, 0.1) is 0 Å². The summed E-state index contributed by atoms with van der Waals surface area (Å²) in [5.41, 5.74) is 3.26. The Bertz CT molecular complexity index is 664. The molecule has 0 spiro atoms. The van der Waals surface area contributed by atoms with Gasteiger partial charge in [0.1, 0.15) is 0 Å². The molecule has 1 aliphatic rings. The predicted octanol–water partition coefficient (Wildman–Crippen LogP) is 2.94. The molecular weight excluding hydrogens is 310 g/mol. The van der Waals surface area contributed by atoms with Gasteiger partial charge in [0.25, 0.3) is 0 Å². The van der Waals surface area contributed by atoms with Crippen molar-refractivity contribution in [3.63, 3.8) is 0 Å². The van der Waals surface area contributed by atoms with Gasteiger partial charge in [-0.05, 0) is 30.2 Å². The van der Waals surface area contributed by atoms with Crippen molar-refractivity contribution in [3.8, 4) is 0 Å². The number of fused-ring (bicyclic) bond motifs is 1. The topological polar surface area (TPSA) is 39.6 Å². The van der Waals surface area contributed by atoms with Crippen LogP contribution in [0.5, 0.6) is 0 Å². The van der Waals surface area contributed by atoms with E-state index in [-0.39, 0.29) is 12.6 Å². The molecule has 2 aromatic rings. The number of halogens is 1. The second-order valence-electron chi connectivity index (χ2n) is 6.01. The fourth-order valence-corrected chi connectivity index (χ4v) is 3.30. The molecular formula is C18H22ClN3O. The maximum atomic E-state index is 9.72. The minimum absolute atomic E-state index is 0.104. The van der Waals surface area contributed by atoms with E-state index in [2.05, 4.69) is 26.9 Å². The molecule has 0 fully saturated rings. The average Bonchev–Trinajstić information content (AvgIpc) is 2.56. The third-order valence-electron chi connectivity index (χ3n) is 4.51. The van der Waals surface area contributed by atoms with Crippen LogP contribution in [0.15, 0.2) is 42.6 Å². The van der Waals surface area contributed by atoms with Crippen LogP contribution in [0.2, 0.25) is 5.02 Å². The zero-order valence-electron chi connectivity index (χ0n) is 13.3. The molecule has 1 aromatic heterocycles. The van der Waals surface area contributed by atoms with E-state index in [4.69, 9.17) is 11.6 Å². The van der Waals surface area contributed by atoms with Gasteiger partial charge in [-0.25, -0.2) is 0 Å². The highest BCUT2D eigenvalue weighted by Gasteiger charge is 2.23. The number of rotatable bonds is 3. The zero-order chi connectivity index (χ0) is 16.2. The third kappa shape index (κ3) is 3.66. The van der Waals surface area contributed by atoms with Crippen LogP contribution < -0.4 is 4.90 Å². The highest BCUT2D eigenvalue weighted by molar-refractivity contribution is 6.31. The van der Waals surface area contributed by atoms with Crippen LogP contribution >= 0.6 is 11.6 Å². The lowest BCUT2D eigenvalue weighted by Gasteiger charge is -2.35. The molecule has 0 aliphatic carbocycles. The molecule has 0 saturated heterocycles. The Morgan fingerprint density at radius 2 is 2.09 bits per heavy atom. The SMILES string of the molecule is CN1c2cccnc2CN(Cc2ccccc2Cl)CC[C@H]1CO. The number of benzene rings is 1. The van der Waals surface area contributed by atoms with Gasteiger partial charge in [0, 0.05) is 37.9 Å². The molecule has 1 aliphatic heterocycles. The molecule has 0 radical (unpaired) electrons. The lowest BCUT2D eigenvalue weighted by atomic mass is 10.1. The Labute approximate surface area is 142 Å². The Balaban J connectivity index is 1.87. The number of pyridine rings is 1. The largest absolute Gasteiger partial charge is 0.394 e. The van der Waals surface area contributed by atoms with Crippen LogP contribution in [-0.4, -0.2) is 41.2 Å². The summed E-state index contributed by atoms with van der Waals surface area (Å²) < 4.78 is 0. The minimum Gasteiger partial charge on any atom is -0.394 e. The molecule has 2 heterocycles. The Morgan fingerprint density at radius 1 is 1.26 bits per heavy atom. The number of aliphatic hydroxyl groups excluding tert-OH is 1. The minimum atomic E-state index is 0.104. The molecule has 0 saturated carbocycles. The maximum Gasteiger partial charge on any atom is 0.0776 e. The second-order valence-corrected chi connectivity index (χ2v) is 6.41. The first kappa shape index (κ1) is 16.2. The lowest BCUT2D eigenvalue weighted by molar-refractivity contribution is 0.204. The molecule has 0 amide bonds. The summed E-state index contributed by atoms with van der Waals surface area (Å²) in [5.74, 6) is 0. The summed E-state index contributed by atoms with van der Waals surface area (Å²) in [7, 11) is 2.03. The van der Waals surface area contributed by atoms with Gasteiger partial charge in [-0.1, -0.05) is 29.8 Å². The number of aromatic nitrogens is 1. The van der Waals surface area contributed by atoms with E-state index in [1.54, 1.807) is 0 Å². The van der Waals surface area contributed by atoms with Crippen molar-refractivity contribution in [3.05, 3.63) is 58.9 Å². The van der Waals surface area contributed by atoms with E-state index in [0.29, 0.717) is 0 Å². The Morgan fingerprint density at radius 3 is 2.87 bits per heavy atom. The van der Waals surface area contributed by atoms with E-state index < -0.39 is 0 Å². The fourth-order valence-electron chi connectivity index (χ4n) is 3.10. The van der Waals surface area contributed by atoms with Gasteiger partial charge in [-0.2, -0.15) is 0 Å². The van der Waals surface area contributed by atoms with E-state index in [1.807, 2.05) is 37.5 Å². The summed E-state index contributed by atoms with van der Waals surface area (Å²) in [6, 6.07) is 12.1. The molecule has 122 valence electrons. The van der Waals surface area contributed by atoms with Crippen molar-refractivity contribution >= 4 is 17.3 Å². The molecule has 1 N–H and O–H groups in total. The van der Waals surface area contributed by atoms with Crippen molar-refractivity contribution in [1.82, 2.24) is 9.88 Å². The predicted molar refractivity (Wildman–Crippen MR) is 93.7 cm³/mol. The summed E-state index contributed by atoms with van der Waals surface area (Å²) in [5, 5.41) is 10.5. The van der Waals surface area contributed by atoms with Crippen molar-refractivity contribution in [1.29, 1.82) is 0 Å². The standard InChI is InChI=1S/C18H22ClN3O/c1-21-15(13-23)8-10-22(11-14-5-2-3-6-16(14)19)12-17-18(21)7-4-9-20-17/h2-7,9,15,23H,8,10-13H2,1H3/t15-/m0/s1. The van der Waals surface area contributed by atoms with E-state index in [0.717, 1.165) is 48.0 Å². The molecule has 1 aromatic carbocycles. The summed E-state index contributed by atoms with van der Waals surface area (Å²) >= 11 is 6.31. The Hall–Kier alpha value is -1.62. The molecule has 4 nitrogen and oxygen atoms in total. The zero-order valence-corrected chi connectivity index (χ0v) is 14.1. The Kier molecular flexibility index (Phi) is 5.16. The number of hydrogen-bond acceptors (Lipinski definition) is 4. The average molecular weight is 332 g/mol. The monoisotopic (exact) mass is 331 g/mol. The molecule has 5 heteroatoms. The highest BCUT2D eigenvalue weighted by Crippen LogP contribution is 2.26. The van der Waals surface area contributed by atoms with Gasteiger partial charge in [0.15, 0.2) is 0 Å². The highest BCUT2D eigenvalue weighted by atomic mass is 35.5. The first-order chi connectivity index (χ1) is 11.2. The fraction of sp³-hybridized carbons (Fsp3) is 0.389. The quantitative estimate of drug-likeness (QED) is 0.938. The summed E-state index contributed by atoms with van der Waals surface area (Å²) in [6.07, 6.45) is 2.74. The van der Waals surface area contributed by atoms with Gasteiger partial charge in [-0.3, -0.25) is 9.88 Å². The second kappa shape index (κ2) is 7.30. The van der Waals surface area contributed by atoms with Gasteiger partial charge in [-0.15, -0.1) is 0 Å². The smallest absolute Gasteiger partial charge is 0.0776 e. The molecule has 3 rings (SSSR count). The number of aliphatic hydroxyl groups is 1. The third-order valence-corrected chi connectivity index (χ3v) is 4.88. The van der Waals surface area contributed by atoms with Crippen molar-refractivity contribution in [2.24, 2.45) is 0 Å². The number of likely N-dealkylation sites (N-methyl/N-ethyl adjacent to an activating group) is 1. The van der Waals surface area contributed by atoms with Crippen LogP contribution in [0.1, 0.15) is 17.7 Å². The van der Waals surface area contributed by atoms with Gasteiger partial charge in [0.2, 0.25) is 0 Å². The molecule has 23 heavy (non-hydrogen) atoms. The molecule has 0 unspecified atom stereocenters. The number of hydrogen-bond donors (Lipinski definition) is 1. The summed E-state index contributed by atoms with van der Waals surface area (Å²) in [6.45, 7) is 2.61. The van der Waals surface area contributed by atoms with E-state index >= 15 is 0 Å². The normalized spacial score (nSPS) is 19.1. The van der Waals surface area contributed by atoms with Crippen molar-refractivity contribution < 1.29 is 5.11 Å². The van der Waals surface area contributed by atoms with Crippen LogP contribution in [0.4, 0.5) is 5.69 Å². The van der Waals surface area contributed by atoms with Crippen LogP contribution in [0.25, 0.3) is 0 Å². The van der Waals surface area contributed by atoms with E-state index in [1.165, 1.54) is 0 Å². The molecule has 1 atom stereocenters. The van der Waals surface area contributed by atoms with Crippen molar-refractivity contribution in [2.75, 3.05) is 25.1 Å². The van der Waals surface area contributed by atoms with Gasteiger partial charge < -0.3 is 10.0 Å². The first-order valence-corrected chi connectivity index (χ1v) is 8.30. The van der Waals surface area contributed by atoms with Crippen LogP contribution in [0.3, 0.4) is 0 Å². The first-order valence-electron chi connectivity index (χ1n) is 7.92. The number of anilines is 1. The van der Waals surface area contributed by atoms with Crippen molar-refractivity contribution in [2.45, 2.75) is 25.6 Å². The molecule has 0 bridgehead atoms. The van der Waals surface area contributed by atoms with Gasteiger partial charge in [0.05, 0.1) is 24.0 Å². The van der Waals surface area contributed by atoms with Crippen LogP contribution in [-0.2, 0) is 13.1 Å². The number of nitrogens with zero attached hydrogens (tertiary/aromatic N) is 3. The van der Waals surface area contributed by atoms with Gasteiger partial charge >= 0.3 is 0 Å².